The number of carbonyl (C=O) groups excluding carboxylic acids is 2. The van der Waals surface area contributed by atoms with Gasteiger partial charge in [0.2, 0.25) is 10.0 Å². The van der Waals surface area contributed by atoms with Gasteiger partial charge in [-0.25, -0.2) is 13.4 Å². The van der Waals surface area contributed by atoms with Crippen molar-refractivity contribution in [2.45, 2.75) is 30.1 Å². The van der Waals surface area contributed by atoms with E-state index < -0.39 is 21.9 Å². The molecule has 1 fully saturated rings. The van der Waals surface area contributed by atoms with Crippen molar-refractivity contribution in [3.05, 3.63) is 47.8 Å². The van der Waals surface area contributed by atoms with Crippen molar-refractivity contribution < 1.29 is 33.0 Å². The Morgan fingerprint density at radius 2 is 1.91 bits per heavy atom. The van der Waals surface area contributed by atoms with Crippen LogP contribution in [0.5, 0.6) is 11.5 Å². The lowest BCUT2D eigenvalue weighted by atomic mass is 9.93. The Kier molecular flexibility index (Phi) is 7.31. The molecule has 2 heterocycles. The van der Waals surface area contributed by atoms with Gasteiger partial charge in [0.25, 0.3) is 5.91 Å². The minimum absolute atomic E-state index is 0.00499. The molecule has 1 aromatic carbocycles. The standard InChI is InChI=1S/C21H25N3O7S/c1-31-19(27)13-23-21(28)20-18(26)11-15(12-22-20)14-3-2-9-24(10-8-14)32(29,30)17-6-4-16(25)5-7-17/h4-7,11-12,14,25-26H,2-3,8-10,13H2,1H3,(H,23,28). The van der Waals surface area contributed by atoms with Crippen LogP contribution in [0, 0.1) is 0 Å². The summed E-state index contributed by atoms with van der Waals surface area (Å²) in [6, 6.07) is 6.88. The number of phenols is 1. The summed E-state index contributed by atoms with van der Waals surface area (Å²) in [4.78, 5) is 27.4. The number of rotatable bonds is 6. The maximum Gasteiger partial charge on any atom is 0.325 e. The van der Waals surface area contributed by atoms with E-state index in [0.29, 0.717) is 31.4 Å². The minimum Gasteiger partial charge on any atom is -0.508 e. The fraction of sp³-hybridized carbons (Fsp3) is 0.381. The third kappa shape index (κ3) is 5.35. The molecule has 0 bridgehead atoms. The molecule has 0 saturated carbocycles. The highest BCUT2D eigenvalue weighted by atomic mass is 32.2. The van der Waals surface area contributed by atoms with Crippen molar-refractivity contribution in [3.63, 3.8) is 0 Å². The molecule has 0 radical (unpaired) electrons. The van der Waals surface area contributed by atoms with E-state index in [1.807, 2.05) is 0 Å². The quantitative estimate of drug-likeness (QED) is 0.544. The van der Waals surface area contributed by atoms with E-state index in [2.05, 4.69) is 15.0 Å². The third-order valence-electron chi connectivity index (χ3n) is 5.36. The number of pyridine rings is 1. The first-order valence-electron chi connectivity index (χ1n) is 10.1. The van der Waals surface area contributed by atoms with Gasteiger partial charge in [0.05, 0.1) is 12.0 Å². The number of methoxy groups -OCH3 is 1. The largest absolute Gasteiger partial charge is 0.508 e. The lowest BCUT2D eigenvalue weighted by molar-refractivity contribution is -0.139. The molecule has 1 aliphatic heterocycles. The second-order valence-electron chi connectivity index (χ2n) is 7.42. The van der Waals surface area contributed by atoms with Crippen LogP contribution in [0.25, 0.3) is 0 Å². The molecule has 11 heteroatoms. The summed E-state index contributed by atoms with van der Waals surface area (Å²) >= 11 is 0. The molecule has 172 valence electrons. The predicted octanol–water partition coefficient (Wildman–Crippen LogP) is 1.35. The fourth-order valence-electron chi connectivity index (χ4n) is 3.59. The molecule has 1 amide bonds. The van der Waals surface area contributed by atoms with E-state index in [1.54, 1.807) is 0 Å². The van der Waals surface area contributed by atoms with Crippen LogP contribution < -0.4 is 5.32 Å². The second kappa shape index (κ2) is 9.96. The molecule has 32 heavy (non-hydrogen) atoms. The highest BCUT2D eigenvalue weighted by Crippen LogP contribution is 2.32. The lowest BCUT2D eigenvalue weighted by Crippen LogP contribution is -2.32. The van der Waals surface area contributed by atoms with Crippen LogP contribution in [0.1, 0.15) is 41.2 Å². The molecule has 1 saturated heterocycles. The zero-order chi connectivity index (χ0) is 23.3. The van der Waals surface area contributed by atoms with Gasteiger partial charge in [-0.1, -0.05) is 0 Å². The number of hydrogen-bond acceptors (Lipinski definition) is 8. The molecule has 0 aliphatic carbocycles. The van der Waals surface area contributed by atoms with Crippen molar-refractivity contribution in [1.29, 1.82) is 0 Å². The smallest absolute Gasteiger partial charge is 0.325 e. The van der Waals surface area contributed by atoms with Crippen molar-refractivity contribution in [3.8, 4) is 11.5 Å². The number of nitrogens with one attached hydrogen (secondary N) is 1. The van der Waals surface area contributed by atoms with Gasteiger partial charge in [-0.15, -0.1) is 0 Å². The molecule has 2 aromatic rings. The predicted molar refractivity (Wildman–Crippen MR) is 114 cm³/mol. The number of amides is 1. The van der Waals surface area contributed by atoms with Gasteiger partial charge >= 0.3 is 5.97 Å². The number of benzene rings is 1. The number of phenolic OH excluding ortho intramolecular Hbond substituents is 1. The summed E-state index contributed by atoms with van der Waals surface area (Å²) in [5.41, 5.74) is 0.499. The van der Waals surface area contributed by atoms with Crippen molar-refractivity contribution in [2.75, 3.05) is 26.7 Å². The fourth-order valence-corrected chi connectivity index (χ4v) is 5.08. The van der Waals surface area contributed by atoms with E-state index in [1.165, 1.54) is 47.9 Å². The summed E-state index contributed by atoms with van der Waals surface area (Å²) in [5, 5.41) is 22.0. The lowest BCUT2D eigenvalue weighted by Gasteiger charge is -2.20. The highest BCUT2D eigenvalue weighted by Gasteiger charge is 2.28. The van der Waals surface area contributed by atoms with Crippen molar-refractivity contribution in [2.24, 2.45) is 0 Å². The van der Waals surface area contributed by atoms with E-state index in [9.17, 15) is 28.2 Å². The van der Waals surface area contributed by atoms with Crippen LogP contribution in [-0.2, 0) is 19.6 Å². The van der Waals surface area contributed by atoms with E-state index in [0.717, 1.165) is 0 Å². The molecular weight excluding hydrogens is 438 g/mol. The number of esters is 1. The Labute approximate surface area is 185 Å². The van der Waals surface area contributed by atoms with Crippen molar-refractivity contribution >= 4 is 21.9 Å². The average Bonchev–Trinajstić information content (AvgIpc) is 3.04. The number of nitrogens with zero attached hydrogens (tertiary/aromatic N) is 2. The first-order chi connectivity index (χ1) is 15.2. The van der Waals surface area contributed by atoms with Crippen LogP contribution in [0.3, 0.4) is 0 Å². The van der Waals surface area contributed by atoms with Gasteiger partial charge in [0.15, 0.2) is 5.69 Å². The number of aromatic nitrogens is 1. The first kappa shape index (κ1) is 23.5. The van der Waals surface area contributed by atoms with Crippen LogP contribution in [-0.4, -0.2) is 66.5 Å². The van der Waals surface area contributed by atoms with Gasteiger partial charge in [-0.05, 0) is 61.1 Å². The molecule has 1 aromatic heterocycles. The van der Waals surface area contributed by atoms with Gasteiger partial charge < -0.3 is 20.3 Å². The monoisotopic (exact) mass is 463 g/mol. The van der Waals surface area contributed by atoms with Gasteiger partial charge in [-0.3, -0.25) is 9.59 Å². The van der Waals surface area contributed by atoms with Gasteiger partial charge in [0, 0.05) is 19.3 Å². The topological polar surface area (TPSA) is 146 Å². The van der Waals surface area contributed by atoms with Gasteiger partial charge in [0.1, 0.15) is 18.0 Å². The molecular formula is C21H25N3O7S. The van der Waals surface area contributed by atoms with Crippen molar-refractivity contribution in [1.82, 2.24) is 14.6 Å². The van der Waals surface area contributed by atoms with Crippen LogP contribution >= 0.6 is 0 Å². The Balaban J connectivity index is 1.68. The minimum atomic E-state index is -3.68. The normalized spacial score (nSPS) is 17.3. The first-order valence-corrected chi connectivity index (χ1v) is 11.5. The zero-order valence-corrected chi connectivity index (χ0v) is 18.3. The van der Waals surface area contributed by atoms with Crippen LogP contribution in [0.15, 0.2) is 41.4 Å². The number of ether oxygens (including phenoxy) is 1. The zero-order valence-electron chi connectivity index (χ0n) is 17.5. The number of aromatic hydroxyl groups is 2. The van der Waals surface area contributed by atoms with Crippen LogP contribution in [0.4, 0.5) is 0 Å². The molecule has 3 N–H and O–H groups in total. The Bertz CT molecular complexity index is 1090. The second-order valence-corrected chi connectivity index (χ2v) is 9.36. The van der Waals surface area contributed by atoms with Crippen LogP contribution in [0.2, 0.25) is 0 Å². The van der Waals surface area contributed by atoms with E-state index in [4.69, 9.17) is 0 Å². The SMILES string of the molecule is COC(=O)CNC(=O)c1ncc(C2CCCN(S(=O)(=O)c3ccc(O)cc3)CC2)cc1O. The Hall–Kier alpha value is -3.18. The maximum atomic E-state index is 12.9. The van der Waals surface area contributed by atoms with E-state index >= 15 is 0 Å². The molecule has 1 unspecified atom stereocenters. The molecule has 10 nitrogen and oxygen atoms in total. The molecule has 1 aliphatic rings. The summed E-state index contributed by atoms with van der Waals surface area (Å²) in [7, 11) is -2.49. The summed E-state index contributed by atoms with van der Waals surface area (Å²) in [6.07, 6.45) is 3.31. The average molecular weight is 464 g/mol. The molecule has 1 atom stereocenters. The number of hydrogen-bond donors (Lipinski definition) is 3. The summed E-state index contributed by atoms with van der Waals surface area (Å²) in [6.45, 7) is 0.301. The third-order valence-corrected chi connectivity index (χ3v) is 7.27. The molecule has 3 rings (SSSR count). The number of carbonyl (C=O) groups is 2. The van der Waals surface area contributed by atoms with E-state index in [-0.39, 0.29) is 41.1 Å². The molecule has 0 spiro atoms. The summed E-state index contributed by atoms with van der Waals surface area (Å²) in [5.74, 6) is -1.69. The maximum absolute atomic E-state index is 12.9. The Morgan fingerprint density at radius 1 is 1.19 bits per heavy atom. The Morgan fingerprint density at radius 3 is 2.56 bits per heavy atom. The summed E-state index contributed by atoms with van der Waals surface area (Å²) < 4.78 is 31.7. The highest BCUT2D eigenvalue weighted by molar-refractivity contribution is 7.89. The van der Waals surface area contributed by atoms with Gasteiger partial charge in [-0.2, -0.15) is 4.31 Å². The number of sulfonamides is 1.